The summed E-state index contributed by atoms with van der Waals surface area (Å²) in [6.07, 6.45) is 7.50. The molecule has 2 aromatic heterocycles. The van der Waals surface area contributed by atoms with Crippen LogP contribution >= 0.6 is 0 Å². The lowest BCUT2D eigenvalue weighted by Crippen LogP contribution is -2.49. The zero-order chi connectivity index (χ0) is 29.5. The number of carbonyl (C=O) groups excluding carboxylic acids is 1. The van der Waals surface area contributed by atoms with Crippen molar-refractivity contribution in [2.24, 2.45) is 0 Å². The first-order chi connectivity index (χ1) is 20.3. The number of aryl methyl sites for hydroxylation is 1. The van der Waals surface area contributed by atoms with Crippen LogP contribution in [0.2, 0.25) is 0 Å². The number of rotatable bonds is 12. The maximum absolute atomic E-state index is 13.1. The molecule has 224 valence electrons. The molecule has 3 aromatic rings. The van der Waals surface area contributed by atoms with Gasteiger partial charge in [-0.2, -0.15) is 0 Å². The van der Waals surface area contributed by atoms with E-state index in [0.29, 0.717) is 24.3 Å². The van der Waals surface area contributed by atoms with Crippen molar-refractivity contribution < 1.29 is 22.7 Å². The van der Waals surface area contributed by atoms with Gasteiger partial charge in [0.2, 0.25) is 15.9 Å². The number of sulfonamides is 1. The second-order valence-electron chi connectivity index (χ2n) is 10.7. The SMILES string of the molecule is COCCNS(=O)(=O)c1ccc(Oc2ccc(CN3CCC(N(C(=O)Nc4ccc(C)nc4)C4CC4)CC3)cn2)cc1. The quantitative estimate of drug-likeness (QED) is 0.300. The molecule has 2 amide bonds. The summed E-state index contributed by atoms with van der Waals surface area (Å²) in [6.45, 7) is 5.01. The molecular formula is C30H38N6O5S. The van der Waals surface area contributed by atoms with E-state index in [9.17, 15) is 13.2 Å². The molecule has 0 spiro atoms. The van der Waals surface area contributed by atoms with Gasteiger partial charge < -0.3 is 19.7 Å². The molecule has 1 aromatic carbocycles. The number of benzene rings is 1. The normalized spacial score (nSPS) is 16.2. The van der Waals surface area contributed by atoms with Crippen molar-refractivity contribution in [3.05, 3.63) is 72.2 Å². The van der Waals surface area contributed by atoms with E-state index in [4.69, 9.17) is 9.47 Å². The van der Waals surface area contributed by atoms with Gasteiger partial charge in [-0.3, -0.25) is 9.88 Å². The van der Waals surface area contributed by atoms with Crippen molar-refractivity contribution >= 4 is 21.7 Å². The van der Waals surface area contributed by atoms with Crippen LogP contribution < -0.4 is 14.8 Å². The molecule has 0 radical (unpaired) electrons. The topological polar surface area (TPSA) is 126 Å². The zero-order valence-electron chi connectivity index (χ0n) is 24.0. The fourth-order valence-electron chi connectivity index (χ4n) is 5.06. The molecule has 0 atom stereocenters. The smallest absolute Gasteiger partial charge is 0.322 e. The second kappa shape index (κ2) is 13.6. The fraction of sp³-hybridized carbons (Fsp3) is 0.433. The first-order valence-electron chi connectivity index (χ1n) is 14.3. The van der Waals surface area contributed by atoms with Crippen LogP contribution in [0.1, 0.15) is 36.9 Å². The Morgan fingerprint density at radius 3 is 2.33 bits per heavy atom. The molecule has 11 nitrogen and oxygen atoms in total. The highest BCUT2D eigenvalue weighted by molar-refractivity contribution is 7.89. The van der Waals surface area contributed by atoms with E-state index in [1.807, 2.05) is 31.2 Å². The maximum Gasteiger partial charge on any atom is 0.322 e. The van der Waals surface area contributed by atoms with E-state index in [0.717, 1.165) is 62.3 Å². The summed E-state index contributed by atoms with van der Waals surface area (Å²) in [4.78, 5) is 26.5. The molecule has 5 rings (SSSR count). The molecule has 1 saturated heterocycles. The molecule has 0 unspecified atom stereocenters. The minimum Gasteiger partial charge on any atom is -0.439 e. The van der Waals surface area contributed by atoms with Gasteiger partial charge in [0.15, 0.2) is 0 Å². The molecule has 2 fully saturated rings. The third-order valence-electron chi connectivity index (χ3n) is 7.45. The molecule has 2 aliphatic rings. The number of hydrogen-bond acceptors (Lipinski definition) is 8. The van der Waals surface area contributed by atoms with Crippen LogP contribution in [0.5, 0.6) is 11.6 Å². The highest BCUT2D eigenvalue weighted by Crippen LogP contribution is 2.33. The molecule has 12 heteroatoms. The third-order valence-corrected chi connectivity index (χ3v) is 8.92. The Labute approximate surface area is 247 Å². The number of carbonyl (C=O) groups is 1. The van der Waals surface area contributed by atoms with Gasteiger partial charge in [0, 0.05) is 63.3 Å². The minimum atomic E-state index is -3.60. The molecule has 42 heavy (non-hydrogen) atoms. The van der Waals surface area contributed by atoms with Gasteiger partial charge in [-0.05, 0) is 74.6 Å². The van der Waals surface area contributed by atoms with Crippen LogP contribution in [-0.4, -0.2) is 79.7 Å². The Balaban J connectivity index is 1.09. The molecule has 2 N–H and O–H groups in total. The summed E-state index contributed by atoms with van der Waals surface area (Å²) in [5.74, 6) is 0.928. The molecule has 1 aliphatic carbocycles. The summed E-state index contributed by atoms with van der Waals surface area (Å²) < 4.78 is 37.8. The van der Waals surface area contributed by atoms with E-state index in [2.05, 4.69) is 29.8 Å². The first-order valence-corrected chi connectivity index (χ1v) is 15.7. The number of amides is 2. The summed E-state index contributed by atoms with van der Waals surface area (Å²) in [5, 5.41) is 3.04. The largest absolute Gasteiger partial charge is 0.439 e. The Morgan fingerprint density at radius 2 is 1.71 bits per heavy atom. The van der Waals surface area contributed by atoms with Crippen molar-refractivity contribution in [2.45, 2.75) is 56.1 Å². The van der Waals surface area contributed by atoms with Gasteiger partial charge in [0.05, 0.1) is 23.4 Å². The van der Waals surface area contributed by atoms with E-state index in [1.54, 1.807) is 24.5 Å². The second-order valence-corrected chi connectivity index (χ2v) is 12.5. The van der Waals surface area contributed by atoms with E-state index < -0.39 is 10.0 Å². The molecule has 3 heterocycles. The van der Waals surface area contributed by atoms with Gasteiger partial charge in [0.25, 0.3) is 0 Å². The van der Waals surface area contributed by atoms with Gasteiger partial charge in [-0.15, -0.1) is 0 Å². The summed E-state index contributed by atoms with van der Waals surface area (Å²) >= 11 is 0. The van der Waals surface area contributed by atoms with E-state index in [-0.39, 0.29) is 23.5 Å². The molecular weight excluding hydrogens is 556 g/mol. The lowest BCUT2D eigenvalue weighted by atomic mass is 10.0. The van der Waals surface area contributed by atoms with Gasteiger partial charge >= 0.3 is 6.03 Å². The summed E-state index contributed by atoms with van der Waals surface area (Å²) in [6, 6.07) is 14.3. The molecule has 1 aliphatic heterocycles. The number of nitrogens with zero attached hydrogens (tertiary/aromatic N) is 4. The van der Waals surface area contributed by atoms with Crippen LogP contribution in [-0.2, 0) is 21.3 Å². The van der Waals surface area contributed by atoms with Crippen LogP contribution in [0.4, 0.5) is 10.5 Å². The van der Waals surface area contributed by atoms with Gasteiger partial charge in [-0.25, -0.2) is 22.9 Å². The Hall–Kier alpha value is -3.58. The van der Waals surface area contributed by atoms with Crippen molar-refractivity contribution in [1.82, 2.24) is 24.5 Å². The van der Waals surface area contributed by atoms with Crippen molar-refractivity contribution in [3.8, 4) is 11.6 Å². The molecule has 1 saturated carbocycles. The number of methoxy groups -OCH3 is 1. The van der Waals surface area contributed by atoms with Crippen molar-refractivity contribution in [3.63, 3.8) is 0 Å². The standard InChI is InChI=1S/C30H38N6O5S/c1-22-3-5-24(20-31-22)34-30(37)36(25-6-7-25)26-13-16-35(17-14-26)21-23-4-12-29(32-19-23)41-27-8-10-28(11-9-27)42(38,39)33-15-18-40-2/h3-5,8-12,19-20,25-26,33H,6-7,13-18,21H2,1-2H3,(H,34,37). The van der Waals surface area contributed by atoms with Gasteiger partial charge in [-0.1, -0.05) is 6.07 Å². The predicted molar refractivity (Wildman–Crippen MR) is 159 cm³/mol. The van der Waals surface area contributed by atoms with Crippen LogP contribution in [0.25, 0.3) is 0 Å². The lowest BCUT2D eigenvalue weighted by molar-refractivity contribution is 0.119. The van der Waals surface area contributed by atoms with Crippen LogP contribution in [0.15, 0.2) is 65.8 Å². The number of hydrogen-bond donors (Lipinski definition) is 2. The summed E-state index contributed by atoms with van der Waals surface area (Å²) in [7, 11) is -2.08. The number of urea groups is 1. The third kappa shape index (κ3) is 8.03. The Bertz CT molecular complexity index is 1420. The first kappa shape index (κ1) is 29.9. The number of ether oxygens (including phenoxy) is 2. The van der Waals surface area contributed by atoms with Crippen molar-refractivity contribution in [2.75, 3.05) is 38.7 Å². The molecule has 0 bridgehead atoms. The van der Waals surface area contributed by atoms with Crippen LogP contribution in [0.3, 0.4) is 0 Å². The Morgan fingerprint density at radius 1 is 0.976 bits per heavy atom. The monoisotopic (exact) mass is 594 g/mol. The summed E-state index contributed by atoms with van der Waals surface area (Å²) in [5.41, 5.74) is 2.72. The fourth-order valence-corrected chi connectivity index (χ4v) is 6.07. The predicted octanol–water partition coefficient (Wildman–Crippen LogP) is 4.16. The Kier molecular flexibility index (Phi) is 9.68. The number of anilines is 1. The average Bonchev–Trinajstić information content (AvgIpc) is 3.82. The number of piperidine rings is 1. The highest BCUT2D eigenvalue weighted by Gasteiger charge is 2.38. The maximum atomic E-state index is 13.1. The number of pyridine rings is 2. The number of likely N-dealkylation sites (tertiary alicyclic amines) is 1. The minimum absolute atomic E-state index is 0.0311. The number of aromatic nitrogens is 2. The van der Waals surface area contributed by atoms with E-state index in [1.165, 1.54) is 19.2 Å². The zero-order valence-corrected chi connectivity index (χ0v) is 24.8. The van der Waals surface area contributed by atoms with Crippen LogP contribution in [0, 0.1) is 6.92 Å². The van der Waals surface area contributed by atoms with E-state index >= 15 is 0 Å². The van der Waals surface area contributed by atoms with Gasteiger partial charge in [0.1, 0.15) is 5.75 Å². The number of nitrogens with one attached hydrogen (secondary N) is 2. The highest BCUT2D eigenvalue weighted by atomic mass is 32.2. The van der Waals surface area contributed by atoms with Crippen molar-refractivity contribution in [1.29, 1.82) is 0 Å². The lowest BCUT2D eigenvalue weighted by Gasteiger charge is -2.38. The average molecular weight is 595 g/mol.